The summed E-state index contributed by atoms with van der Waals surface area (Å²) in [6.07, 6.45) is 8.65. The Balaban J connectivity index is 1.58. The first-order valence-electron chi connectivity index (χ1n) is 8.81. The maximum absolute atomic E-state index is 10.1. The zero-order chi connectivity index (χ0) is 19.1. The number of hydrogen-bond donors (Lipinski definition) is 1. The van der Waals surface area contributed by atoms with Crippen molar-refractivity contribution in [2.75, 3.05) is 0 Å². The third-order valence-electron chi connectivity index (χ3n) is 4.65. The zero-order valence-corrected chi connectivity index (χ0v) is 15.9. The average molecular weight is 384 g/mol. The van der Waals surface area contributed by atoms with Gasteiger partial charge in [0.15, 0.2) is 0 Å². The Labute approximate surface area is 165 Å². The lowest BCUT2D eigenvalue weighted by Crippen LogP contribution is -2.28. The summed E-state index contributed by atoms with van der Waals surface area (Å²) in [4.78, 5) is 8.94. The molecule has 5 aromatic rings. The first-order valence-corrected chi connectivity index (χ1v) is 9.69. The fourth-order valence-corrected chi connectivity index (χ4v) is 4.25. The molecule has 3 aromatic heterocycles. The number of para-hydroxylation sites is 2. The van der Waals surface area contributed by atoms with Crippen molar-refractivity contribution in [1.82, 2.24) is 14.5 Å². The minimum absolute atomic E-state index is 0.215. The molecule has 136 valence electrons. The third-order valence-corrected chi connectivity index (χ3v) is 5.74. The van der Waals surface area contributed by atoms with Gasteiger partial charge in [-0.15, -0.1) is 11.3 Å². The second-order valence-corrected chi connectivity index (χ2v) is 7.38. The van der Waals surface area contributed by atoms with Crippen molar-refractivity contribution < 1.29 is 9.67 Å². The minimum atomic E-state index is 0.215. The molecule has 0 atom stereocenters. The van der Waals surface area contributed by atoms with Gasteiger partial charge < -0.3 is 5.11 Å². The molecule has 5 rings (SSSR count). The van der Waals surface area contributed by atoms with Gasteiger partial charge in [0.05, 0.1) is 21.6 Å². The van der Waals surface area contributed by atoms with Gasteiger partial charge in [-0.1, -0.05) is 24.3 Å². The van der Waals surface area contributed by atoms with Crippen molar-refractivity contribution in [1.29, 1.82) is 0 Å². The quantitative estimate of drug-likeness (QED) is 0.374. The van der Waals surface area contributed by atoms with Crippen molar-refractivity contribution >= 4 is 21.6 Å². The maximum Gasteiger partial charge on any atom is 0.268 e. The van der Waals surface area contributed by atoms with E-state index in [0.717, 1.165) is 27.2 Å². The number of fused-ring (bicyclic) bond motifs is 1. The SMILES string of the molecule is Cc1csc2c(-c3cccc(-[n+]4[c-]n(-c5ccccc5O)cc4)c3)ncnc12. The molecule has 0 aliphatic heterocycles. The Morgan fingerprint density at radius 2 is 2.00 bits per heavy atom. The van der Waals surface area contributed by atoms with Gasteiger partial charge in [0, 0.05) is 12.4 Å². The van der Waals surface area contributed by atoms with Crippen molar-refractivity contribution in [2.24, 2.45) is 0 Å². The number of aromatic hydroxyl groups is 1. The highest BCUT2D eigenvalue weighted by molar-refractivity contribution is 7.17. The first-order chi connectivity index (χ1) is 13.7. The second-order valence-electron chi connectivity index (χ2n) is 6.50. The fraction of sp³-hybridized carbons (Fsp3) is 0.0455. The van der Waals surface area contributed by atoms with Crippen molar-refractivity contribution in [2.45, 2.75) is 6.92 Å². The number of phenolic OH excluding ortho intramolecular Hbond substituents is 1. The number of thiophene rings is 1. The Bertz CT molecular complexity index is 1300. The summed E-state index contributed by atoms with van der Waals surface area (Å²) in [5.74, 6) is 0.215. The van der Waals surface area contributed by atoms with Crippen molar-refractivity contribution in [3.05, 3.63) is 84.5 Å². The number of aryl methyl sites for hydroxylation is 1. The lowest BCUT2D eigenvalue weighted by molar-refractivity contribution is -0.599. The maximum atomic E-state index is 10.1. The summed E-state index contributed by atoms with van der Waals surface area (Å²) in [5.41, 5.74) is 5.79. The number of hydrogen-bond acceptors (Lipinski definition) is 4. The van der Waals surface area contributed by atoms with E-state index in [2.05, 4.69) is 40.7 Å². The van der Waals surface area contributed by atoms with Gasteiger partial charge in [-0.05, 0) is 47.7 Å². The molecular weight excluding hydrogens is 368 g/mol. The summed E-state index contributed by atoms with van der Waals surface area (Å²) in [6.45, 7) is 2.07. The number of nitrogens with zero attached hydrogens (tertiary/aromatic N) is 4. The predicted molar refractivity (Wildman–Crippen MR) is 109 cm³/mol. The Morgan fingerprint density at radius 1 is 1.11 bits per heavy atom. The number of benzene rings is 2. The van der Waals surface area contributed by atoms with Gasteiger partial charge in [0.1, 0.15) is 17.8 Å². The van der Waals surface area contributed by atoms with Gasteiger partial charge in [0.25, 0.3) is 6.33 Å². The van der Waals surface area contributed by atoms with E-state index >= 15 is 0 Å². The number of imidazole rings is 1. The van der Waals surface area contributed by atoms with Crippen LogP contribution >= 0.6 is 11.3 Å². The van der Waals surface area contributed by atoms with E-state index < -0.39 is 0 Å². The fourth-order valence-electron chi connectivity index (χ4n) is 3.24. The predicted octanol–water partition coefficient (Wildman–Crippen LogP) is 4.24. The van der Waals surface area contributed by atoms with Gasteiger partial charge in [0.2, 0.25) is 0 Å². The van der Waals surface area contributed by atoms with E-state index in [4.69, 9.17) is 0 Å². The topological polar surface area (TPSA) is 54.8 Å². The van der Waals surface area contributed by atoms with Crippen LogP contribution in [0, 0.1) is 13.3 Å². The van der Waals surface area contributed by atoms with Crippen LogP contribution in [-0.4, -0.2) is 19.6 Å². The van der Waals surface area contributed by atoms with Crippen LogP contribution in [0.5, 0.6) is 5.75 Å². The summed E-state index contributed by atoms with van der Waals surface area (Å²) in [6, 6.07) is 15.4. The largest absolute Gasteiger partial charge is 0.511 e. The number of phenols is 1. The Kier molecular flexibility index (Phi) is 3.91. The molecule has 28 heavy (non-hydrogen) atoms. The van der Waals surface area contributed by atoms with Gasteiger partial charge in [-0.2, -0.15) is 0 Å². The molecule has 0 aliphatic rings. The molecule has 0 saturated heterocycles. The highest BCUT2D eigenvalue weighted by Gasteiger charge is 2.12. The molecule has 0 unspecified atom stereocenters. The average Bonchev–Trinajstić information content (AvgIpc) is 3.36. The number of aromatic nitrogens is 4. The van der Waals surface area contributed by atoms with Crippen LogP contribution in [0.2, 0.25) is 0 Å². The lowest BCUT2D eigenvalue weighted by atomic mass is 10.1. The normalized spacial score (nSPS) is 11.2. The molecule has 0 fully saturated rings. The van der Waals surface area contributed by atoms with E-state index in [9.17, 15) is 5.11 Å². The molecule has 3 heterocycles. The van der Waals surface area contributed by atoms with E-state index in [-0.39, 0.29) is 5.75 Å². The zero-order valence-electron chi connectivity index (χ0n) is 15.1. The minimum Gasteiger partial charge on any atom is -0.511 e. The Hall–Kier alpha value is -3.51. The van der Waals surface area contributed by atoms with E-state index in [1.165, 1.54) is 5.56 Å². The first kappa shape index (κ1) is 16.6. The molecule has 2 aromatic carbocycles. The lowest BCUT2D eigenvalue weighted by Gasteiger charge is -2.07. The molecule has 0 saturated carbocycles. The van der Waals surface area contributed by atoms with E-state index in [1.54, 1.807) is 34.4 Å². The molecule has 1 N–H and O–H groups in total. The van der Waals surface area contributed by atoms with Crippen LogP contribution in [-0.2, 0) is 0 Å². The summed E-state index contributed by atoms with van der Waals surface area (Å²) in [7, 11) is 0. The van der Waals surface area contributed by atoms with Gasteiger partial charge in [-0.3, -0.25) is 9.13 Å². The molecular formula is C22H16N4OS. The van der Waals surface area contributed by atoms with Crippen LogP contribution in [0.25, 0.3) is 32.8 Å². The monoisotopic (exact) mass is 384 g/mol. The van der Waals surface area contributed by atoms with Crippen LogP contribution in [0.1, 0.15) is 5.56 Å². The van der Waals surface area contributed by atoms with Gasteiger partial charge >= 0.3 is 0 Å². The highest BCUT2D eigenvalue weighted by atomic mass is 32.1. The standard InChI is InChI=1S/C22H16N4OS/c1-15-12-28-22-20(15)23-13-24-21(22)16-5-4-6-17(11-16)25-9-10-26(14-25)18-7-2-3-8-19(18)27/h2-13,27H,1H3. The van der Waals surface area contributed by atoms with E-state index in [0.29, 0.717) is 5.69 Å². The van der Waals surface area contributed by atoms with Crippen LogP contribution in [0.15, 0.2) is 72.6 Å². The molecule has 0 radical (unpaired) electrons. The second kappa shape index (κ2) is 6.58. The van der Waals surface area contributed by atoms with Crippen molar-refractivity contribution in [3.63, 3.8) is 0 Å². The molecule has 0 spiro atoms. The van der Waals surface area contributed by atoms with E-state index in [1.807, 2.05) is 41.2 Å². The molecule has 0 bridgehead atoms. The molecule has 5 nitrogen and oxygen atoms in total. The molecule has 0 aliphatic carbocycles. The van der Waals surface area contributed by atoms with Crippen molar-refractivity contribution in [3.8, 4) is 28.4 Å². The van der Waals surface area contributed by atoms with Crippen LogP contribution in [0.4, 0.5) is 0 Å². The summed E-state index contributed by atoms with van der Waals surface area (Å²) >= 11 is 1.67. The highest BCUT2D eigenvalue weighted by Crippen LogP contribution is 2.32. The van der Waals surface area contributed by atoms with Crippen LogP contribution < -0.4 is 4.57 Å². The molecule has 0 amide bonds. The third kappa shape index (κ3) is 2.75. The smallest absolute Gasteiger partial charge is 0.268 e. The van der Waals surface area contributed by atoms with Gasteiger partial charge in [-0.25, -0.2) is 9.97 Å². The summed E-state index contributed by atoms with van der Waals surface area (Å²) in [5, 5.41) is 12.2. The number of rotatable bonds is 3. The Morgan fingerprint density at radius 3 is 2.89 bits per heavy atom. The van der Waals surface area contributed by atoms with Crippen LogP contribution in [0.3, 0.4) is 0 Å². The molecule has 6 heteroatoms. The summed E-state index contributed by atoms with van der Waals surface area (Å²) < 4.78 is 4.76.